The highest BCUT2D eigenvalue weighted by molar-refractivity contribution is 9.10. The average Bonchev–Trinajstić information content (AvgIpc) is 2.34. The van der Waals surface area contributed by atoms with Crippen LogP contribution in [0.4, 0.5) is 18.9 Å². The summed E-state index contributed by atoms with van der Waals surface area (Å²) in [4.78, 5) is 0. The van der Waals surface area contributed by atoms with Crippen LogP contribution in [0.1, 0.15) is 11.1 Å². The maximum Gasteiger partial charge on any atom is 0.418 e. The van der Waals surface area contributed by atoms with Crippen molar-refractivity contribution in [3.8, 4) is 6.07 Å². The summed E-state index contributed by atoms with van der Waals surface area (Å²) in [6, 6.07) is 3.67. The fourth-order valence-electron chi connectivity index (χ4n) is 1.35. The van der Waals surface area contributed by atoms with Crippen molar-refractivity contribution in [2.75, 3.05) is 17.7 Å². The molecular weight excluding hydrogens is 348 g/mol. The minimum Gasteiger partial charge on any atom is -0.390 e. The van der Waals surface area contributed by atoms with E-state index >= 15 is 0 Å². The minimum atomic E-state index is -4.61. The van der Waals surface area contributed by atoms with E-state index in [-0.39, 0.29) is 28.1 Å². The van der Waals surface area contributed by atoms with E-state index in [1.807, 2.05) is 0 Å². The van der Waals surface area contributed by atoms with Crippen molar-refractivity contribution in [1.29, 1.82) is 5.26 Å². The van der Waals surface area contributed by atoms with Gasteiger partial charge in [-0.2, -0.15) is 18.4 Å². The molecule has 0 aliphatic carbocycles. The molecule has 104 valence electrons. The third kappa shape index (κ3) is 4.27. The van der Waals surface area contributed by atoms with E-state index in [1.54, 1.807) is 6.07 Å². The van der Waals surface area contributed by atoms with Crippen LogP contribution in [0.5, 0.6) is 0 Å². The van der Waals surface area contributed by atoms with Gasteiger partial charge in [0, 0.05) is 11.0 Å². The third-order valence-corrected chi connectivity index (χ3v) is 3.20. The molecule has 1 rings (SSSR count). The summed E-state index contributed by atoms with van der Waals surface area (Å²) in [5.74, 6) is -0.0950. The Labute approximate surface area is 121 Å². The summed E-state index contributed by atoms with van der Waals surface area (Å²) in [7, 11) is 0. The Kier molecular flexibility index (Phi) is 5.47. The largest absolute Gasteiger partial charge is 0.418 e. The first-order chi connectivity index (χ1) is 8.79. The topological polar surface area (TPSA) is 56.0 Å². The number of aliphatic hydroxyl groups is 1. The molecule has 0 radical (unpaired) electrons. The highest BCUT2D eigenvalue weighted by Crippen LogP contribution is 2.39. The molecule has 1 unspecified atom stereocenters. The van der Waals surface area contributed by atoms with Gasteiger partial charge in [0.2, 0.25) is 0 Å². The van der Waals surface area contributed by atoms with Crippen LogP contribution in [0.15, 0.2) is 16.6 Å². The molecule has 0 amide bonds. The molecular formula is C11H9BrClF3N2O. The maximum absolute atomic E-state index is 12.9. The first-order valence-corrected chi connectivity index (χ1v) is 6.41. The number of hydrogen-bond donors (Lipinski definition) is 2. The van der Waals surface area contributed by atoms with Crippen molar-refractivity contribution in [3.63, 3.8) is 0 Å². The number of halogens is 5. The Bertz CT molecular complexity index is 502. The molecule has 8 heteroatoms. The summed E-state index contributed by atoms with van der Waals surface area (Å²) in [6.07, 6.45) is -5.57. The number of benzene rings is 1. The predicted molar refractivity (Wildman–Crippen MR) is 69.1 cm³/mol. The number of nitriles is 1. The molecule has 0 bridgehead atoms. The van der Waals surface area contributed by atoms with Crippen molar-refractivity contribution >= 4 is 33.2 Å². The van der Waals surface area contributed by atoms with Gasteiger partial charge in [-0.25, -0.2) is 0 Å². The zero-order valence-electron chi connectivity index (χ0n) is 9.43. The molecule has 0 aliphatic heterocycles. The molecule has 1 aromatic rings. The quantitative estimate of drug-likeness (QED) is 0.813. The van der Waals surface area contributed by atoms with Gasteiger partial charge in [0.25, 0.3) is 0 Å². The molecule has 1 aromatic carbocycles. The van der Waals surface area contributed by atoms with E-state index in [0.717, 1.165) is 6.07 Å². The summed E-state index contributed by atoms with van der Waals surface area (Å²) >= 11 is 8.34. The smallest absolute Gasteiger partial charge is 0.390 e. The molecule has 3 nitrogen and oxygen atoms in total. The Hall–Kier alpha value is -0.970. The average molecular weight is 358 g/mol. The number of alkyl halides is 4. The second-order valence-corrected chi connectivity index (χ2v) is 4.84. The van der Waals surface area contributed by atoms with Crippen LogP contribution in [0.3, 0.4) is 0 Å². The van der Waals surface area contributed by atoms with Crippen molar-refractivity contribution < 1.29 is 18.3 Å². The number of aliphatic hydroxyl groups excluding tert-OH is 1. The van der Waals surface area contributed by atoms with Gasteiger partial charge in [-0.15, -0.1) is 11.6 Å². The predicted octanol–water partition coefficient (Wildman–Crippen LogP) is 3.35. The normalized spacial score (nSPS) is 12.9. The van der Waals surface area contributed by atoms with E-state index in [2.05, 4.69) is 21.2 Å². The van der Waals surface area contributed by atoms with Crippen molar-refractivity contribution in [1.82, 2.24) is 0 Å². The van der Waals surface area contributed by atoms with Crippen LogP contribution in [-0.2, 0) is 6.18 Å². The monoisotopic (exact) mass is 356 g/mol. The Morgan fingerprint density at radius 3 is 2.58 bits per heavy atom. The zero-order valence-corrected chi connectivity index (χ0v) is 11.8. The van der Waals surface area contributed by atoms with Gasteiger partial charge < -0.3 is 10.4 Å². The molecule has 0 spiro atoms. The molecule has 19 heavy (non-hydrogen) atoms. The Balaban J connectivity index is 3.18. The van der Waals surface area contributed by atoms with Crippen molar-refractivity contribution in [3.05, 3.63) is 27.7 Å². The molecule has 0 aromatic heterocycles. The van der Waals surface area contributed by atoms with Crippen molar-refractivity contribution in [2.45, 2.75) is 12.3 Å². The number of rotatable bonds is 4. The lowest BCUT2D eigenvalue weighted by Gasteiger charge is -2.18. The number of hydrogen-bond acceptors (Lipinski definition) is 3. The molecule has 1 atom stereocenters. The van der Waals surface area contributed by atoms with Gasteiger partial charge in [0.15, 0.2) is 0 Å². The first-order valence-electron chi connectivity index (χ1n) is 5.08. The van der Waals surface area contributed by atoms with E-state index in [9.17, 15) is 18.3 Å². The summed E-state index contributed by atoms with van der Waals surface area (Å²) in [5.41, 5.74) is -1.31. The lowest BCUT2D eigenvalue weighted by molar-refractivity contribution is -0.137. The Morgan fingerprint density at radius 1 is 1.47 bits per heavy atom. The Morgan fingerprint density at radius 2 is 2.11 bits per heavy atom. The molecule has 0 aliphatic rings. The van der Waals surface area contributed by atoms with Gasteiger partial charge in [0.05, 0.1) is 34.9 Å². The summed E-state index contributed by atoms with van der Waals surface area (Å²) in [5, 5.41) is 20.4. The second kappa shape index (κ2) is 6.46. The van der Waals surface area contributed by atoms with Gasteiger partial charge in [-0.3, -0.25) is 0 Å². The van der Waals surface area contributed by atoms with Crippen LogP contribution >= 0.6 is 27.5 Å². The fourth-order valence-corrected chi connectivity index (χ4v) is 2.06. The highest BCUT2D eigenvalue weighted by Gasteiger charge is 2.35. The van der Waals surface area contributed by atoms with Gasteiger partial charge in [0.1, 0.15) is 0 Å². The SMILES string of the molecule is N#Cc1cc(Br)c(NCC(O)CCl)c(C(F)(F)F)c1. The van der Waals surface area contributed by atoms with Crippen LogP contribution in [-0.4, -0.2) is 23.6 Å². The first kappa shape index (κ1) is 16.1. The van der Waals surface area contributed by atoms with E-state index in [0.29, 0.717) is 0 Å². The zero-order chi connectivity index (χ0) is 14.6. The minimum absolute atomic E-state index is 0.0950. The number of nitrogens with zero attached hydrogens (tertiary/aromatic N) is 1. The van der Waals surface area contributed by atoms with Crippen molar-refractivity contribution in [2.24, 2.45) is 0 Å². The highest BCUT2D eigenvalue weighted by atomic mass is 79.9. The standard InChI is InChI=1S/C11H9BrClF3N2O/c12-9-2-6(4-17)1-8(11(14,15)16)10(9)18-5-7(19)3-13/h1-2,7,18-19H,3,5H2. The molecule has 0 fully saturated rings. The van der Waals surface area contributed by atoms with Crippen LogP contribution in [0.25, 0.3) is 0 Å². The summed E-state index contributed by atoms with van der Waals surface area (Å²) in [6.45, 7) is -0.128. The van der Waals surface area contributed by atoms with Gasteiger partial charge in [-0.05, 0) is 28.1 Å². The molecule has 0 heterocycles. The summed E-state index contributed by atoms with van der Waals surface area (Å²) < 4.78 is 38.8. The molecule has 0 saturated heterocycles. The maximum atomic E-state index is 12.9. The lowest BCUT2D eigenvalue weighted by atomic mass is 10.1. The molecule has 0 saturated carbocycles. The number of anilines is 1. The second-order valence-electron chi connectivity index (χ2n) is 3.68. The van der Waals surface area contributed by atoms with E-state index < -0.39 is 17.8 Å². The lowest BCUT2D eigenvalue weighted by Crippen LogP contribution is -2.22. The van der Waals surface area contributed by atoms with Crippen LogP contribution in [0.2, 0.25) is 0 Å². The van der Waals surface area contributed by atoms with Gasteiger partial charge >= 0.3 is 6.18 Å². The van der Waals surface area contributed by atoms with Crippen LogP contribution in [0, 0.1) is 11.3 Å². The van der Waals surface area contributed by atoms with Gasteiger partial charge in [-0.1, -0.05) is 0 Å². The van der Waals surface area contributed by atoms with Crippen LogP contribution < -0.4 is 5.32 Å². The third-order valence-electron chi connectivity index (χ3n) is 2.22. The van der Waals surface area contributed by atoms with E-state index in [4.69, 9.17) is 16.9 Å². The van der Waals surface area contributed by atoms with E-state index in [1.165, 1.54) is 6.07 Å². The fraction of sp³-hybridized carbons (Fsp3) is 0.364. The molecule has 2 N–H and O–H groups in total. The number of nitrogens with one attached hydrogen (secondary N) is 1.